The molecule has 0 saturated heterocycles. The molecule has 2 aromatic heterocycles. The summed E-state index contributed by atoms with van der Waals surface area (Å²) in [5.74, 6) is 1.13. The summed E-state index contributed by atoms with van der Waals surface area (Å²) in [6.45, 7) is 2.12. The topological polar surface area (TPSA) is 80.0 Å². The van der Waals surface area contributed by atoms with Crippen molar-refractivity contribution in [2.75, 3.05) is 12.4 Å². The van der Waals surface area contributed by atoms with Crippen LogP contribution in [0.1, 0.15) is 21.9 Å². The number of pyridine rings is 1. The van der Waals surface area contributed by atoms with Gasteiger partial charge in [0.05, 0.1) is 6.54 Å². The van der Waals surface area contributed by atoms with E-state index in [9.17, 15) is 4.79 Å². The summed E-state index contributed by atoms with van der Waals surface area (Å²) in [7, 11) is 1.75. The first kappa shape index (κ1) is 12.1. The maximum absolute atomic E-state index is 11.8. The maximum atomic E-state index is 11.8. The third kappa shape index (κ3) is 2.85. The highest BCUT2D eigenvalue weighted by molar-refractivity contribution is 5.92. The molecule has 0 saturated carbocycles. The molecule has 0 spiro atoms. The Balaban J connectivity index is 1.99. The Morgan fingerprint density at radius 3 is 2.94 bits per heavy atom. The molecule has 0 unspecified atom stereocenters. The summed E-state index contributed by atoms with van der Waals surface area (Å²) < 4.78 is 4.91. The quantitative estimate of drug-likeness (QED) is 0.851. The second-order valence-electron chi connectivity index (χ2n) is 3.77. The van der Waals surface area contributed by atoms with Crippen molar-refractivity contribution in [2.45, 2.75) is 13.5 Å². The minimum Gasteiger partial charge on any atom is -0.373 e. The van der Waals surface area contributed by atoms with E-state index >= 15 is 0 Å². The molecule has 0 aliphatic heterocycles. The molecule has 6 heteroatoms. The number of carbonyl (C=O) groups is 1. The molecule has 2 heterocycles. The SMILES string of the molecule is CNc1cccc(C(=O)NCc2cc(C)on2)n1. The van der Waals surface area contributed by atoms with Crippen LogP contribution < -0.4 is 10.6 Å². The van der Waals surface area contributed by atoms with E-state index in [1.807, 2.05) is 0 Å². The van der Waals surface area contributed by atoms with Gasteiger partial charge in [-0.15, -0.1) is 0 Å². The fourth-order valence-electron chi connectivity index (χ4n) is 1.46. The lowest BCUT2D eigenvalue weighted by Gasteiger charge is -2.04. The molecule has 94 valence electrons. The highest BCUT2D eigenvalue weighted by Gasteiger charge is 2.08. The lowest BCUT2D eigenvalue weighted by molar-refractivity contribution is 0.0945. The summed E-state index contributed by atoms with van der Waals surface area (Å²) >= 11 is 0. The zero-order valence-electron chi connectivity index (χ0n) is 10.2. The van der Waals surface area contributed by atoms with Crippen LogP contribution >= 0.6 is 0 Å². The van der Waals surface area contributed by atoms with Gasteiger partial charge in [-0.2, -0.15) is 0 Å². The lowest BCUT2D eigenvalue weighted by atomic mass is 10.3. The number of nitrogens with one attached hydrogen (secondary N) is 2. The number of hydrogen-bond acceptors (Lipinski definition) is 5. The monoisotopic (exact) mass is 246 g/mol. The second-order valence-corrected chi connectivity index (χ2v) is 3.77. The van der Waals surface area contributed by atoms with Gasteiger partial charge in [0, 0.05) is 13.1 Å². The van der Waals surface area contributed by atoms with Crippen molar-refractivity contribution in [1.29, 1.82) is 0 Å². The minimum atomic E-state index is -0.243. The van der Waals surface area contributed by atoms with E-state index in [-0.39, 0.29) is 5.91 Å². The van der Waals surface area contributed by atoms with Crippen LogP contribution in [0.2, 0.25) is 0 Å². The molecule has 0 aliphatic rings. The second kappa shape index (κ2) is 5.31. The smallest absolute Gasteiger partial charge is 0.270 e. The first-order valence-corrected chi connectivity index (χ1v) is 5.54. The van der Waals surface area contributed by atoms with Crippen molar-refractivity contribution >= 4 is 11.7 Å². The van der Waals surface area contributed by atoms with Crippen molar-refractivity contribution in [3.8, 4) is 0 Å². The van der Waals surface area contributed by atoms with E-state index in [0.717, 1.165) is 5.76 Å². The molecule has 2 N–H and O–H groups in total. The van der Waals surface area contributed by atoms with Gasteiger partial charge in [0.25, 0.3) is 5.91 Å². The van der Waals surface area contributed by atoms with Crippen molar-refractivity contribution < 1.29 is 9.32 Å². The summed E-state index contributed by atoms with van der Waals surface area (Å²) in [4.78, 5) is 16.0. The Labute approximate surface area is 104 Å². The van der Waals surface area contributed by atoms with Crippen molar-refractivity contribution in [2.24, 2.45) is 0 Å². The van der Waals surface area contributed by atoms with Crippen LogP contribution in [0.15, 0.2) is 28.8 Å². The normalized spacial score (nSPS) is 10.1. The van der Waals surface area contributed by atoms with Gasteiger partial charge in [-0.05, 0) is 19.1 Å². The van der Waals surface area contributed by atoms with Crippen LogP contribution in [0.25, 0.3) is 0 Å². The Bertz CT molecular complexity index is 551. The number of aryl methyl sites for hydroxylation is 1. The molecule has 0 radical (unpaired) electrons. The highest BCUT2D eigenvalue weighted by atomic mass is 16.5. The molecule has 1 amide bonds. The van der Waals surface area contributed by atoms with Crippen LogP contribution in [-0.2, 0) is 6.54 Å². The molecule has 0 fully saturated rings. The highest BCUT2D eigenvalue weighted by Crippen LogP contribution is 2.05. The first-order valence-electron chi connectivity index (χ1n) is 5.54. The number of rotatable bonds is 4. The van der Waals surface area contributed by atoms with Gasteiger partial charge in [-0.3, -0.25) is 4.79 Å². The molecule has 0 atom stereocenters. The Kier molecular flexibility index (Phi) is 3.57. The van der Waals surface area contributed by atoms with Gasteiger partial charge >= 0.3 is 0 Å². The standard InChI is InChI=1S/C12H14N4O2/c1-8-6-9(16-18-8)7-14-12(17)10-4-3-5-11(13-2)15-10/h3-6H,7H2,1-2H3,(H,13,15)(H,14,17). The van der Waals surface area contributed by atoms with E-state index in [4.69, 9.17) is 4.52 Å². The molecule has 18 heavy (non-hydrogen) atoms. The predicted octanol–water partition coefficient (Wildman–Crippen LogP) is 1.35. The van der Waals surface area contributed by atoms with Gasteiger partial charge in [0.1, 0.15) is 23.0 Å². The maximum Gasteiger partial charge on any atom is 0.270 e. The van der Waals surface area contributed by atoms with Crippen LogP contribution in [-0.4, -0.2) is 23.1 Å². The zero-order valence-corrected chi connectivity index (χ0v) is 10.2. The Morgan fingerprint density at radius 2 is 2.28 bits per heavy atom. The van der Waals surface area contributed by atoms with E-state index in [2.05, 4.69) is 20.8 Å². The van der Waals surface area contributed by atoms with Gasteiger partial charge in [0.2, 0.25) is 0 Å². The van der Waals surface area contributed by atoms with Crippen molar-refractivity contribution in [1.82, 2.24) is 15.5 Å². The van der Waals surface area contributed by atoms with Gasteiger partial charge in [-0.1, -0.05) is 11.2 Å². The van der Waals surface area contributed by atoms with E-state index < -0.39 is 0 Å². The lowest BCUT2D eigenvalue weighted by Crippen LogP contribution is -2.24. The summed E-state index contributed by atoms with van der Waals surface area (Å²) in [5.41, 5.74) is 1.05. The summed E-state index contributed by atoms with van der Waals surface area (Å²) in [5, 5.41) is 9.40. The largest absolute Gasteiger partial charge is 0.373 e. The number of hydrogen-bond donors (Lipinski definition) is 2. The number of nitrogens with zero attached hydrogens (tertiary/aromatic N) is 2. The average molecular weight is 246 g/mol. The van der Waals surface area contributed by atoms with Gasteiger partial charge in [-0.25, -0.2) is 4.98 Å². The number of carbonyl (C=O) groups excluding carboxylic acids is 1. The minimum absolute atomic E-state index is 0.243. The molecule has 0 aromatic carbocycles. The van der Waals surface area contributed by atoms with Crippen LogP contribution in [0.5, 0.6) is 0 Å². The predicted molar refractivity (Wildman–Crippen MR) is 66.2 cm³/mol. The molecule has 2 aromatic rings. The van der Waals surface area contributed by atoms with Gasteiger partial charge < -0.3 is 15.2 Å². The molecule has 0 aliphatic carbocycles. The molecular weight excluding hydrogens is 232 g/mol. The zero-order chi connectivity index (χ0) is 13.0. The molecule has 2 rings (SSSR count). The summed E-state index contributed by atoms with van der Waals surface area (Å²) in [6.07, 6.45) is 0. The third-order valence-electron chi connectivity index (χ3n) is 2.34. The van der Waals surface area contributed by atoms with Crippen molar-refractivity contribution in [3.05, 3.63) is 41.4 Å². The third-order valence-corrected chi connectivity index (χ3v) is 2.34. The molecule has 6 nitrogen and oxygen atoms in total. The van der Waals surface area contributed by atoms with E-state index in [1.54, 1.807) is 38.2 Å². The Hall–Kier alpha value is -2.37. The number of amides is 1. The molecule has 0 bridgehead atoms. The summed E-state index contributed by atoms with van der Waals surface area (Å²) in [6, 6.07) is 6.99. The number of aromatic nitrogens is 2. The van der Waals surface area contributed by atoms with Crippen LogP contribution in [0.4, 0.5) is 5.82 Å². The Morgan fingerprint density at radius 1 is 1.44 bits per heavy atom. The van der Waals surface area contributed by atoms with E-state index in [0.29, 0.717) is 23.8 Å². The first-order chi connectivity index (χ1) is 8.69. The van der Waals surface area contributed by atoms with Crippen LogP contribution in [0.3, 0.4) is 0 Å². The van der Waals surface area contributed by atoms with E-state index in [1.165, 1.54) is 0 Å². The van der Waals surface area contributed by atoms with Gasteiger partial charge in [0.15, 0.2) is 0 Å². The fraction of sp³-hybridized carbons (Fsp3) is 0.250. The average Bonchev–Trinajstić information content (AvgIpc) is 2.82. The fourth-order valence-corrected chi connectivity index (χ4v) is 1.46. The molecular formula is C12H14N4O2. The number of anilines is 1. The van der Waals surface area contributed by atoms with Crippen molar-refractivity contribution in [3.63, 3.8) is 0 Å². The van der Waals surface area contributed by atoms with Crippen LogP contribution in [0, 0.1) is 6.92 Å².